The number of hydrogen-bond donors (Lipinski definition) is 1. The second-order valence-electron chi connectivity index (χ2n) is 5.40. The number of likely N-dealkylation sites (tertiary alicyclic amines) is 1. The Morgan fingerprint density at radius 1 is 1.43 bits per heavy atom. The van der Waals surface area contributed by atoms with Gasteiger partial charge in [-0.05, 0) is 40.9 Å². The third-order valence-electron chi connectivity index (χ3n) is 3.79. The lowest BCUT2D eigenvalue weighted by molar-refractivity contribution is -0.160. The maximum atomic E-state index is 14.4. The number of piperidine rings is 1. The fraction of sp³-hybridized carbons (Fsp3) is 0.533. The van der Waals surface area contributed by atoms with Crippen molar-refractivity contribution in [1.29, 1.82) is 0 Å². The second-order valence-corrected chi connectivity index (χ2v) is 6.25. The first kappa shape index (κ1) is 17.8. The summed E-state index contributed by atoms with van der Waals surface area (Å²) in [7, 11) is 0. The van der Waals surface area contributed by atoms with Crippen LogP contribution in [0.4, 0.5) is 8.78 Å². The van der Waals surface area contributed by atoms with Gasteiger partial charge in [0.25, 0.3) is 5.91 Å². The summed E-state index contributed by atoms with van der Waals surface area (Å²) in [6.45, 7) is 2.13. The van der Waals surface area contributed by atoms with E-state index in [1.54, 1.807) is 6.92 Å². The van der Waals surface area contributed by atoms with Gasteiger partial charge in [-0.1, -0.05) is 6.92 Å². The molecule has 0 saturated carbocycles. The standard InChI is InChI=1S/C15H18BrF2N3O2/c1-2-12(22)20-10-5-8-21(9-6-10)14(23)15(17,18)13-11(16)4-3-7-19-13/h3-4,7,10H,2,5-6,8-9H2,1H3,(H,20,22). The van der Waals surface area contributed by atoms with E-state index < -0.39 is 17.5 Å². The number of pyridine rings is 1. The first-order chi connectivity index (χ1) is 10.9. The Balaban J connectivity index is 2.02. The topological polar surface area (TPSA) is 62.3 Å². The normalized spacial score (nSPS) is 16.3. The van der Waals surface area contributed by atoms with Gasteiger partial charge in [-0.15, -0.1) is 0 Å². The molecular formula is C15H18BrF2N3O2. The van der Waals surface area contributed by atoms with Crippen molar-refractivity contribution in [3.05, 3.63) is 28.5 Å². The average Bonchev–Trinajstić information content (AvgIpc) is 2.55. The summed E-state index contributed by atoms with van der Waals surface area (Å²) in [4.78, 5) is 28.3. The van der Waals surface area contributed by atoms with Crippen LogP contribution < -0.4 is 5.32 Å². The molecule has 0 radical (unpaired) electrons. The number of alkyl halides is 2. The van der Waals surface area contributed by atoms with Crippen LogP contribution in [0.25, 0.3) is 0 Å². The van der Waals surface area contributed by atoms with Gasteiger partial charge in [0.1, 0.15) is 5.69 Å². The van der Waals surface area contributed by atoms with Gasteiger partial charge >= 0.3 is 5.92 Å². The van der Waals surface area contributed by atoms with Crippen LogP contribution in [0.2, 0.25) is 0 Å². The Kier molecular flexibility index (Phi) is 5.67. The Labute approximate surface area is 141 Å². The number of nitrogens with one attached hydrogen (secondary N) is 1. The van der Waals surface area contributed by atoms with Crippen molar-refractivity contribution >= 4 is 27.7 Å². The highest BCUT2D eigenvalue weighted by Gasteiger charge is 2.47. The molecule has 23 heavy (non-hydrogen) atoms. The molecule has 1 saturated heterocycles. The molecule has 2 heterocycles. The molecule has 2 amide bonds. The third kappa shape index (κ3) is 4.04. The lowest BCUT2D eigenvalue weighted by atomic mass is 10.0. The molecule has 2 rings (SSSR count). The molecule has 0 bridgehead atoms. The molecule has 0 atom stereocenters. The highest BCUT2D eigenvalue weighted by Crippen LogP contribution is 2.34. The monoisotopic (exact) mass is 389 g/mol. The van der Waals surface area contributed by atoms with Gasteiger partial charge in [-0.25, -0.2) is 0 Å². The first-order valence-electron chi connectivity index (χ1n) is 7.43. The van der Waals surface area contributed by atoms with Crippen molar-refractivity contribution in [1.82, 2.24) is 15.2 Å². The van der Waals surface area contributed by atoms with Crippen LogP contribution >= 0.6 is 15.9 Å². The average molecular weight is 390 g/mol. The molecule has 1 aliphatic rings. The lowest BCUT2D eigenvalue weighted by Crippen LogP contribution is -2.50. The van der Waals surface area contributed by atoms with Crippen LogP contribution in [-0.2, 0) is 15.5 Å². The minimum absolute atomic E-state index is 0.0679. The van der Waals surface area contributed by atoms with Gasteiger partial charge in [0.2, 0.25) is 5.91 Å². The van der Waals surface area contributed by atoms with E-state index in [0.29, 0.717) is 19.3 Å². The van der Waals surface area contributed by atoms with Crippen LogP contribution in [-0.4, -0.2) is 40.8 Å². The number of hydrogen-bond acceptors (Lipinski definition) is 3. The van der Waals surface area contributed by atoms with E-state index in [1.807, 2.05) is 0 Å². The molecule has 126 valence electrons. The molecule has 0 aliphatic carbocycles. The predicted octanol–water partition coefficient (Wildman–Crippen LogP) is 2.45. The smallest absolute Gasteiger partial charge is 0.353 e. The fourth-order valence-electron chi connectivity index (χ4n) is 2.47. The molecule has 1 fully saturated rings. The molecule has 5 nitrogen and oxygen atoms in total. The zero-order valence-electron chi connectivity index (χ0n) is 12.7. The third-order valence-corrected chi connectivity index (χ3v) is 4.43. The molecule has 0 aromatic carbocycles. The number of aromatic nitrogens is 1. The number of carbonyl (C=O) groups is 2. The Morgan fingerprint density at radius 2 is 2.09 bits per heavy atom. The molecule has 0 unspecified atom stereocenters. The van der Waals surface area contributed by atoms with Gasteiger partial charge in [0, 0.05) is 36.2 Å². The molecule has 8 heteroatoms. The quantitative estimate of drug-likeness (QED) is 0.859. The summed E-state index contributed by atoms with van der Waals surface area (Å²) in [5.74, 6) is -5.01. The van der Waals surface area contributed by atoms with Crippen molar-refractivity contribution in [2.24, 2.45) is 0 Å². The zero-order valence-corrected chi connectivity index (χ0v) is 14.3. The largest absolute Gasteiger partial charge is 0.367 e. The highest BCUT2D eigenvalue weighted by molar-refractivity contribution is 9.10. The number of rotatable bonds is 4. The van der Waals surface area contributed by atoms with Crippen LogP contribution in [0.1, 0.15) is 31.9 Å². The van der Waals surface area contributed by atoms with E-state index >= 15 is 0 Å². The number of nitrogens with zero attached hydrogens (tertiary/aromatic N) is 2. The number of carbonyl (C=O) groups excluding carboxylic acids is 2. The Morgan fingerprint density at radius 3 is 2.65 bits per heavy atom. The van der Waals surface area contributed by atoms with E-state index in [0.717, 1.165) is 4.90 Å². The van der Waals surface area contributed by atoms with Crippen molar-refractivity contribution in [2.45, 2.75) is 38.2 Å². The van der Waals surface area contributed by atoms with Crippen LogP contribution in [0.15, 0.2) is 22.8 Å². The zero-order chi connectivity index (χ0) is 17.0. The summed E-state index contributed by atoms with van der Waals surface area (Å²) in [6.07, 6.45) is 2.55. The minimum atomic E-state index is -3.68. The summed E-state index contributed by atoms with van der Waals surface area (Å²) >= 11 is 3.01. The van der Waals surface area contributed by atoms with Crippen molar-refractivity contribution in [3.63, 3.8) is 0 Å². The van der Waals surface area contributed by atoms with E-state index in [-0.39, 0.29) is 29.5 Å². The van der Waals surface area contributed by atoms with Gasteiger partial charge in [-0.2, -0.15) is 8.78 Å². The Hall–Kier alpha value is -1.57. The second kappa shape index (κ2) is 7.33. The van der Waals surface area contributed by atoms with Gasteiger partial charge in [0.15, 0.2) is 0 Å². The first-order valence-corrected chi connectivity index (χ1v) is 8.23. The van der Waals surface area contributed by atoms with Crippen molar-refractivity contribution < 1.29 is 18.4 Å². The van der Waals surface area contributed by atoms with Gasteiger partial charge in [-0.3, -0.25) is 14.6 Å². The van der Waals surface area contributed by atoms with Crippen LogP contribution in [0.5, 0.6) is 0 Å². The van der Waals surface area contributed by atoms with E-state index in [4.69, 9.17) is 0 Å². The molecular weight excluding hydrogens is 372 g/mol. The fourth-order valence-corrected chi connectivity index (χ4v) is 2.98. The lowest BCUT2D eigenvalue weighted by Gasteiger charge is -2.34. The molecule has 1 aliphatic heterocycles. The van der Waals surface area contributed by atoms with E-state index in [1.165, 1.54) is 18.3 Å². The summed E-state index contributed by atoms with van der Waals surface area (Å²) in [5.41, 5.74) is -0.577. The van der Waals surface area contributed by atoms with E-state index in [9.17, 15) is 18.4 Å². The highest BCUT2D eigenvalue weighted by atomic mass is 79.9. The van der Waals surface area contributed by atoms with Crippen LogP contribution in [0, 0.1) is 0 Å². The summed E-state index contributed by atoms with van der Waals surface area (Å²) in [6, 6.07) is 2.87. The maximum Gasteiger partial charge on any atom is 0.367 e. The number of amides is 2. The van der Waals surface area contributed by atoms with E-state index in [2.05, 4.69) is 26.2 Å². The predicted molar refractivity (Wildman–Crippen MR) is 83.9 cm³/mol. The molecule has 1 aromatic rings. The molecule has 1 aromatic heterocycles. The van der Waals surface area contributed by atoms with Crippen LogP contribution in [0.3, 0.4) is 0 Å². The molecule has 1 N–H and O–H groups in total. The van der Waals surface area contributed by atoms with Crippen molar-refractivity contribution in [2.75, 3.05) is 13.1 Å². The number of halogens is 3. The van der Waals surface area contributed by atoms with Gasteiger partial charge in [0.05, 0.1) is 0 Å². The maximum absolute atomic E-state index is 14.4. The van der Waals surface area contributed by atoms with Gasteiger partial charge < -0.3 is 10.2 Å². The summed E-state index contributed by atoms with van der Waals surface area (Å²) < 4.78 is 28.9. The van der Waals surface area contributed by atoms with Crippen molar-refractivity contribution in [3.8, 4) is 0 Å². The summed E-state index contributed by atoms with van der Waals surface area (Å²) in [5, 5.41) is 2.82. The minimum Gasteiger partial charge on any atom is -0.353 e. The molecule has 0 spiro atoms. The Bertz CT molecular complexity index is 590. The SMILES string of the molecule is CCC(=O)NC1CCN(C(=O)C(F)(F)c2ncccc2Br)CC1.